The van der Waals surface area contributed by atoms with Crippen molar-refractivity contribution in [3.05, 3.63) is 30.3 Å². The lowest BCUT2D eigenvalue weighted by molar-refractivity contribution is -0.134. The Morgan fingerprint density at radius 1 is 1.14 bits per heavy atom. The zero-order chi connectivity index (χ0) is 15.8. The molecule has 3 amide bonds. The van der Waals surface area contributed by atoms with E-state index in [4.69, 9.17) is 0 Å². The van der Waals surface area contributed by atoms with Crippen LogP contribution in [0.1, 0.15) is 27.7 Å². The largest absolute Gasteiger partial charge is 0.332 e. The van der Waals surface area contributed by atoms with Gasteiger partial charge in [0.05, 0.1) is 6.54 Å². The van der Waals surface area contributed by atoms with Crippen LogP contribution in [0.3, 0.4) is 0 Å². The number of amides is 3. The van der Waals surface area contributed by atoms with Gasteiger partial charge in [-0.05, 0) is 19.1 Å². The third kappa shape index (κ3) is 2.82. The van der Waals surface area contributed by atoms with E-state index >= 15 is 0 Å². The van der Waals surface area contributed by atoms with Gasteiger partial charge in [-0.3, -0.25) is 19.4 Å². The summed E-state index contributed by atoms with van der Waals surface area (Å²) in [5, 5.41) is 0. The molecule has 5 heteroatoms. The van der Waals surface area contributed by atoms with Crippen molar-refractivity contribution >= 4 is 23.4 Å². The molecule has 0 saturated carbocycles. The van der Waals surface area contributed by atoms with Gasteiger partial charge in [0, 0.05) is 11.1 Å². The average Bonchev–Trinajstić information content (AvgIpc) is 2.63. The third-order valence-electron chi connectivity index (χ3n) is 3.62. The first-order valence-corrected chi connectivity index (χ1v) is 6.96. The first-order chi connectivity index (χ1) is 9.73. The number of para-hydroxylation sites is 1. The number of nitrogens with zero attached hydrogens (tertiary/aromatic N) is 2. The molecule has 112 valence electrons. The van der Waals surface area contributed by atoms with Crippen LogP contribution in [-0.2, 0) is 9.59 Å². The molecule has 1 atom stereocenters. The maximum atomic E-state index is 12.5. The molecule has 1 heterocycles. The monoisotopic (exact) mass is 288 g/mol. The quantitative estimate of drug-likeness (QED) is 0.803. The van der Waals surface area contributed by atoms with Crippen LogP contribution in [0.2, 0.25) is 0 Å². The molecule has 1 saturated heterocycles. The number of ketones is 1. The van der Waals surface area contributed by atoms with Crippen LogP contribution in [0.25, 0.3) is 0 Å². The molecule has 1 aliphatic heterocycles. The van der Waals surface area contributed by atoms with Crippen LogP contribution in [0.4, 0.5) is 10.5 Å². The summed E-state index contributed by atoms with van der Waals surface area (Å²) < 4.78 is 0. The molecule has 0 aromatic heterocycles. The number of anilines is 1. The van der Waals surface area contributed by atoms with E-state index in [9.17, 15) is 14.4 Å². The minimum Gasteiger partial charge on any atom is -0.297 e. The molecule has 0 bridgehead atoms. The Kier molecular flexibility index (Phi) is 3.85. The fourth-order valence-corrected chi connectivity index (χ4v) is 2.17. The predicted molar refractivity (Wildman–Crippen MR) is 80.0 cm³/mol. The van der Waals surface area contributed by atoms with Crippen molar-refractivity contribution in [3.63, 3.8) is 0 Å². The van der Waals surface area contributed by atoms with Crippen molar-refractivity contribution in [2.75, 3.05) is 11.4 Å². The number of imide groups is 1. The number of carbonyl (C=O) groups is 3. The van der Waals surface area contributed by atoms with Gasteiger partial charge in [-0.25, -0.2) is 4.79 Å². The highest BCUT2D eigenvalue weighted by Gasteiger charge is 2.44. The Morgan fingerprint density at radius 3 is 2.24 bits per heavy atom. The Morgan fingerprint density at radius 2 is 1.71 bits per heavy atom. The summed E-state index contributed by atoms with van der Waals surface area (Å²) in [4.78, 5) is 39.3. The van der Waals surface area contributed by atoms with Crippen LogP contribution in [-0.4, -0.2) is 35.2 Å². The van der Waals surface area contributed by atoms with Crippen molar-refractivity contribution in [3.8, 4) is 0 Å². The van der Waals surface area contributed by atoms with E-state index in [2.05, 4.69) is 0 Å². The maximum absolute atomic E-state index is 12.5. The van der Waals surface area contributed by atoms with Crippen molar-refractivity contribution in [2.45, 2.75) is 33.7 Å². The van der Waals surface area contributed by atoms with E-state index in [0.717, 1.165) is 4.90 Å². The molecule has 1 fully saturated rings. The number of hydrogen-bond acceptors (Lipinski definition) is 3. The SMILES string of the molecule is CC1C(=O)N(CC(=O)C(C)(C)C)C(=O)N1c1ccccc1. The summed E-state index contributed by atoms with van der Waals surface area (Å²) in [7, 11) is 0. The number of carbonyl (C=O) groups excluding carboxylic acids is 3. The summed E-state index contributed by atoms with van der Waals surface area (Å²) in [6, 6.07) is 7.99. The van der Waals surface area contributed by atoms with Crippen LogP contribution >= 0.6 is 0 Å². The van der Waals surface area contributed by atoms with E-state index in [-0.39, 0.29) is 18.2 Å². The Labute approximate surface area is 124 Å². The van der Waals surface area contributed by atoms with Crippen LogP contribution in [0, 0.1) is 5.41 Å². The fraction of sp³-hybridized carbons (Fsp3) is 0.438. The van der Waals surface area contributed by atoms with Gasteiger partial charge in [0.2, 0.25) is 0 Å². The zero-order valence-electron chi connectivity index (χ0n) is 12.8. The van der Waals surface area contributed by atoms with Crippen molar-refractivity contribution in [2.24, 2.45) is 5.41 Å². The molecule has 0 radical (unpaired) electrons. The number of hydrogen-bond donors (Lipinski definition) is 0. The third-order valence-corrected chi connectivity index (χ3v) is 3.62. The van der Waals surface area contributed by atoms with Crippen molar-refractivity contribution in [1.82, 2.24) is 4.90 Å². The van der Waals surface area contributed by atoms with Crippen LogP contribution in [0.15, 0.2) is 30.3 Å². The zero-order valence-corrected chi connectivity index (χ0v) is 12.8. The van der Waals surface area contributed by atoms with Crippen LogP contribution < -0.4 is 4.90 Å². The van der Waals surface area contributed by atoms with Gasteiger partial charge in [0.15, 0.2) is 5.78 Å². The van der Waals surface area contributed by atoms with Gasteiger partial charge in [-0.2, -0.15) is 0 Å². The normalized spacial score (nSPS) is 19.3. The Bertz CT molecular complexity index is 575. The summed E-state index contributed by atoms with van der Waals surface area (Å²) >= 11 is 0. The number of Topliss-reactive ketones (excluding diaryl/α,β-unsaturated/α-hetero) is 1. The fourth-order valence-electron chi connectivity index (χ4n) is 2.17. The minimum absolute atomic E-state index is 0.133. The molecule has 1 unspecified atom stereocenters. The van der Waals surface area contributed by atoms with Gasteiger partial charge in [-0.15, -0.1) is 0 Å². The molecular formula is C16H20N2O3. The van der Waals surface area contributed by atoms with E-state index in [1.807, 2.05) is 18.2 Å². The second-order valence-corrected chi connectivity index (χ2v) is 6.26. The number of benzene rings is 1. The van der Waals surface area contributed by atoms with Gasteiger partial charge in [0.1, 0.15) is 6.04 Å². The van der Waals surface area contributed by atoms with Crippen LogP contribution in [0.5, 0.6) is 0 Å². The lowest BCUT2D eigenvalue weighted by Crippen LogP contribution is -2.40. The van der Waals surface area contributed by atoms with E-state index < -0.39 is 17.5 Å². The highest BCUT2D eigenvalue weighted by molar-refractivity contribution is 6.15. The summed E-state index contributed by atoms with van der Waals surface area (Å²) in [5.74, 6) is -0.465. The van der Waals surface area contributed by atoms with Crippen molar-refractivity contribution in [1.29, 1.82) is 0 Å². The molecule has 0 N–H and O–H groups in total. The number of urea groups is 1. The second kappa shape index (κ2) is 5.31. The highest BCUT2D eigenvalue weighted by Crippen LogP contribution is 2.26. The topological polar surface area (TPSA) is 57.7 Å². The van der Waals surface area contributed by atoms with Gasteiger partial charge >= 0.3 is 6.03 Å². The maximum Gasteiger partial charge on any atom is 0.332 e. The molecule has 2 rings (SSSR count). The van der Waals surface area contributed by atoms with E-state index in [0.29, 0.717) is 5.69 Å². The molecule has 1 aliphatic rings. The second-order valence-electron chi connectivity index (χ2n) is 6.26. The van der Waals surface area contributed by atoms with Crippen molar-refractivity contribution < 1.29 is 14.4 Å². The summed E-state index contributed by atoms with van der Waals surface area (Å²) in [6.45, 7) is 6.83. The van der Waals surface area contributed by atoms with Gasteiger partial charge < -0.3 is 0 Å². The minimum atomic E-state index is -0.590. The molecule has 0 spiro atoms. The highest BCUT2D eigenvalue weighted by atomic mass is 16.2. The first-order valence-electron chi connectivity index (χ1n) is 6.96. The lowest BCUT2D eigenvalue weighted by atomic mass is 9.90. The molecule has 5 nitrogen and oxygen atoms in total. The standard InChI is InChI=1S/C16H20N2O3/c1-11-14(20)17(10-13(19)16(2,3)4)15(21)18(11)12-8-6-5-7-9-12/h5-9,11H,10H2,1-4H3. The van der Waals surface area contributed by atoms with E-state index in [1.165, 1.54) is 4.90 Å². The molecule has 21 heavy (non-hydrogen) atoms. The Hall–Kier alpha value is -2.17. The molecule has 1 aromatic rings. The van der Waals surface area contributed by atoms with Gasteiger partial charge in [-0.1, -0.05) is 39.0 Å². The lowest BCUT2D eigenvalue weighted by Gasteiger charge is -2.21. The molecular weight excluding hydrogens is 268 g/mol. The average molecular weight is 288 g/mol. The number of rotatable bonds is 3. The molecule has 0 aliphatic carbocycles. The Balaban J connectivity index is 2.25. The molecule has 1 aromatic carbocycles. The first kappa shape index (κ1) is 15.2. The predicted octanol–water partition coefficient (Wildman–Crippen LogP) is 2.46. The summed E-state index contributed by atoms with van der Waals surface area (Å²) in [5.41, 5.74) is 0.0818. The van der Waals surface area contributed by atoms with Gasteiger partial charge in [0.25, 0.3) is 5.91 Å². The van der Waals surface area contributed by atoms with E-state index in [1.54, 1.807) is 39.8 Å². The summed E-state index contributed by atoms with van der Waals surface area (Å²) in [6.07, 6.45) is 0. The smallest absolute Gasteiger partial charge is 0.297 e.